The van der Waals surface area contributed by atoms with Crippen LogP contribution >= 0.6 is 27.3 Å². The Kier molecular flexibility index (Phi) is 4.59. The Bertz CT molecular complexity index is 1290. The number of Topliss-reactive ketones (excluding diaryl/α,β-unsaturated/α-hetero) is 1. The quantitative estimate of drug-likeness (QED) is 0.518. The maximum atomic E-state index is 12.8. The van der Waals surface area contributed by atoms with Crippen molar-refractivity contribution in [1.82, 2.24) is 4.98 Å². The third kappa shape index (κ3) is 2.93. The number of aromatic nitrogens is 1. The van der Waals surface area contributed by atoms with Gasteiger partial charge in [0.15, 0.2) is 11.5 Å². The molecular formula is C22H18BrNO5S. The summed E-state index contributed by atoms with van der Waals surface area (Å²) in [5.41, 5.74) is 2.29. The number of carboxylic acid groups (broad SMARTS) is 1. The summed E-state index contributed by atoms with van der Waals surface area (Å²) in [6, 6.07) is 3.75. The largest absolute Gasteiger partial charge is 0.494 e. The van der Waals surface area contributed by atoms with Crippen molar-refractivity contribution in [3.8, 4) is 16.2 Å². The molecule has 1 atom stereocenters. The number of halogens is 1. The molecule has 0 amide bonds. The van der Waals surface area contributed by atoms with E-state index in [2.05, 4.69) is 20.9 Å². The van der Waals surface area contributed by atoms with Gasteiger partial charge in [0.05, 0.1) is 22.8 Å². The zero-order valence-corrected chi connectivity index (χ0v) is 18.5. The standard InChI is InChI=1S/C22H18BrNO5S/c1-29-21-17(16-7-11-15(30-16)5-4-14(23)20(11)26)10(9-2-3-9)6-12-18(21)24-8-13(19(12)25)22(27)28/h6-9,14H,2-5H2,1H3,(H,24,25)(H,27,28). The molecule has 2 heterocycles. The Morgan fingerprint density at radius 1 is 1.27 bits per heavy atom. The number of aromatic carboxylic acids is 1. The van der Waals surface area contributed by atoms with Gasteiger partial charge in [-0.2, -0.15) is 0 Å². The lowest BCUT2D eigenvalue weighted by atomic mass is 9.94. The molecule has 6 nitrogen and oxygen atoms in total. The number of alkyl halides is 1. The second-order valence-corrected chi connectivity index (χ2v) is 9.97. The number of fused-ring (bicyclic) bond motifs is 2. The number of carbonyl (C=O) groups is 2. The maximum Gasteiger partial charge on any atom is 0.341 e. The minimum absolute atomic E-state index is 0.103. The number of aromatic amines is 1. The van der Waals surface area contributed by atoms with Crippen molar-refractivity contribution < 1.29 is 19.4 Å². The van der Waals surface area contributed by atoms with Crippen molar-refractivity contribution in [1.29, 1.82) is 0 Å². The van der Waals surface area contributed by atoms with Crippen molar-refractivity contribution in [3.05, 3.63) is 50.1 Å². The first-order valence-corrected chi connectivity index (χ1v) is 11.4. The summed E-state index contributed by atoms with van der Waals surface area (Å²) in [5.74, 6) is -0.344. The fraction of sp³-hybridized carbons (Fsp3) is 0.318. The molecule has 0 saturated heterocycles. The predicted octanol–water partition coefficient (Wildman–Crippen LogP) is 4.73. The molecule has 2 aromatic heterocycles. The fourth-order valence-corrected chi connectivity index (χ4v) is 5.91. The van der Waals surface area contributed by atoms with E-state index in [4.69, 9.17) is 4.74 Å². The van der Waals surface area contributed by atoms with Crippen LogP contribution in [0.3, 0.4) is 0 Å². The maximum absolute atomic E-state index is 12.8. The number of rotatable bonds is 4. The molecular weight excluding hydrogens is 470 g/mol. The van der Waals surface area contributed by atoms with E-state index >= 15 is 0 Å². The molecule has 3 aromatic rings. The normalized spacial score (nSPS) is 18.5. The van der Waals surface area contributed by atoms with Crippen molar-refractivity contribution in [2.45, 2.75) is 36.4 Å². The molecule has 2 aliphatic rings. The van der Waals surface area contributed by atoms with Crippen molar-refractivity contribution in [2.24, 2.45) is 0 Å². The van der Waals surface area contributed by atoms with E-state index in [0.717, 1.165) is 52.1 Å². The third-order valence-corrected chi connectivity index (χ3v) is 7.93. The number of ether oxygens (including phenoxy) is 1. The first kappa shape index (κ1) is 19.5. The van der Waals surface area contributed by atoms with Crippen LogP contribution in [0.5, 0.6) is 5.75 Å². The van der Waals surface area contributed by atoms with E-state index in [1.165, 1.54) is 6.20 Å². The molecule has 1 fully saturated rings. The molecule has 8 heteroatoms. The Morgan fingerprint density at radius 3 is 2.70 bits per heavy atom. The summed E-state index contributed by atoms with van der Waals surface area (Å²) in [5, 5.41) is 9.64. The zero-order valence-electron chi connectivity index (χ0n) is 16.1. The summed E-state index contributed by atoms with van der Waals surface area (Å²) >= 11 is 5.06. The molecule has 2 aliphatic carbocycles. The van der Waals surface area contributed by atoms with Crippen LogP contribution in [0, 0.1) is 0 Å². The van der Waals surface area contributed by atoms with Crippen molar-refractivity contribution in [3.63, 3.8) is 0 Å². The van der Waals surface area contributed by atoms with Gasteiger partial charge in [0.25, 0.3) is 0 Å². The molecule has 1 aromatic carbocycles. The van der Waals surface area contributed by atoms with Crippen LogP contribution in [-0.2, 0) is 6.42 Å². The van der Waals surface area contributed by atoms with Crippen LogP contribution in [0.2, 0.25) is 0 Å². The van der Waals surface area contributed by atoms with Gasteiger partial charge in [-0.15, -0.1) is 11.3 Å². The number of hydrogen-bond donors (Lipinski definition) is 2. The average Bonchev–Trinajstić information content (AvgIpc) is 3.48. The zero-order chi connectivity index (χ0) is 21.2. The van der Waals surface area contributed by atoms with Gasteiger partial charge in [0, 0.05) is 27.1 Å². The number of carbonyl (C=O) groups excluding carboxylic acids is 1. The fourth-order valence-electron chi connectivity index (χ4n) is 4.19. The highest BCUT2D eigenvalue weighted by Crippen LogP contribution is 2.51. The molecule has 1 saturated carbocycles. The van der Waals surface area contributed by atoms with E-state index in [9.17, 15) is 19.5 Å². The highest BCUT2D eigenvalue weighted by atomic mass is 79.9. The van der Waals surface area contributed by atoms with Crippen LogP contribution in [0.1, 0.15) is 56.3 Å². The van der Waals surface area contributed by atoms with Crippen LogP contribution in [-0.4, -0.2) is 33.8 Å². The first-order valence-electron chi connectivity index (χ1n) is 9.71. The van der Waals surface area contributed by atoms with Gasteiger partial charge >= 0.3 is 5.97 Å². The Morgan fingerprint density at radius 2 is 2.03 bits per heavy atom. The molecule has 0 radical (unpaired) electrons. The second-order valence-electron chi connectivity index (χ2n) is 7.73. The molecule has 30 heavy (non-hydrogen) atoms. The minimum Gasteiger partial charge on any atom is -0.494 e. The van der Waals surface area contributed by atoms with Gasteiger partial charge in [-0.3, -0.25) is 9.59 Å². The molecule has 0 bridgehead atoms. The number of nitrogens with one attached hydrogen (secondary N) is 1. The molecule has 1 unspecified atom stereocenters. The van der Waals surface area contributed by atoms with E-state index in [1.54, 1.807) is 18.4 Å². The monoisotopic (exact) mass is 487 g/mol. The lowest BCUT2D eigenvalue weighted by Gasteiger charge is -2.16. The van der Waals surface area contributed by atoms with Gasteiger partial charge < -0.3 is 14.8 Å². The topological polar surface area (TPSA) is 96.5 Å². The summed E-state index contributed by atoms with van der Waals surface area (Å²) < 4.78 is 5.76. The number of pyridine rings is 1. The summed E-state index contributed by atoms with van der Waals surface area (Å²) in [4.78, 5) is 41.7. The van der Waals surface area contributed by atoms with Gasteiger partial charge in [0.2, 0.25) is 5.43 Å². The average molecular weight is 488 g/mol. The Labute approximate surface area is 184 Å². The number of benzene rings is 1. The number of methoxy groups -OCH3 is 1. The van der Waals surface area contributed by atoms with Gasteiger partial charge in [-0.25, -0.2) is 4.79 Å². The number of ketones is 1. The lowest BCUT2D eigenvalue weighted by molar-refractivity contribution is 0.0695. The molecule has 0 spiro atoms. The van der Waals surface area contributed by atoms with Crippen LogP contribution in [0.4, 0.5) is 0 Å². The first-order chi connectivity index (χ1) is 14.4. The third-order valence-electron chi connectivity index (χ3n) is 5.84. The van der Waals surface area contributed by atoms with Gasteiger partial charge in [-0.05, 0) is 49.3 Å². The predicted molar refractivity (Wildman–Crippen MR) is 119 cm³/mol. The number of H-pyrrole nitrogens is 1. The molecule has 5 rings (SSSR count). The van der Waals surface area contributed by atoms with E-state index < -0.39 is 11.4 Å². The summed E-state index contributed by atoms with van der Waals surface area (Å²) in [6.07, 6.45) is 4.85. The Hall–Kier alpha value is -2.45. The van der Waals surface area contributed by atoms with Crippen LogP contribution < -0.4 is 10.2 Å². The lowest BCUT2D eigenvalue weighted by Crippen LogP contribution is -2.20. The summed E-state index contributed by atoms with van der Waals surface area (Å²) in [7, 11) is 1.55. The molecule has 154 valence electrons. The minimum atomic E-state index is -1.26. The van der Waals surface area contributed by atoms with Crippen LogP contribution in [0.25, 0.3) is 21.3 Å². The van der Waals surface area contributed by atoms with Gasteiger partial charge in [0.1, 0.15) is 5.56 Å². The molecule has 0 aliphatic heterocycles. The smallest absolute Gasteiger partial charge is 0.341 e. The number of carboxylic acids is 1. The van der Waals surface area contributed by atoms with Crippen molar-refractivity contribution >= 4 is 49.9 Å². The van der Waals surface area contributed by atoms with Crippen molar-refractivity contribution in [2.75, 3.05) is 7.11 Å². The van der Waals surface area contributed by atoms with Crippen LogP contribution in [0.15, 0.2) is 23.1 Å². The number of aryl methyl sites for hydroxylation is 1. The van der Waals surface area contributed by atoms with E-state index in [1.807, 2.05) is 12.1 Å². The van der Waals surface area contributed by atoms with E-state index in [-0.39, 0.29) is 16.2 Å². The number of hydrogen-bond acceptors (Lipinski definition) is 5. The molecule has 2 N–H and O–H groups in total. The highest BCUT2D eigenvalue weighted by molar-refractivity contribution is 9.10. The highest BCUT2D eigenvalue weighted by Gasteiger charge is 2.33. The SMILES string of the molecule is COc1c(-c2cc3c(s2)CCC(Br)C3=O)c(C2CC2)cc2c(=O)c(C(=O)O)c[nH]c12. The number of thiophene rings is 1. The van der Waals surface area contributed by atoms with Gasteiger partial charge in [-0.1, -0.05) is 15.9 Å². The van der Waals surface area contributed by atoms with E-state index in [0.29, 0.717) is 22.6 Å². The second kappa shape index (κ2) is 7.06. The summed E-state index contributed by atoms with van der Waals surface area (Å²) in [6.45, 7) is 0. The Balaban J connectivity index is 1.81.